The van der Waals surface area contributed by atoms with Crippen molar-refractivity contribution in [3.05, 3.63) is 64.7 Å². The van der Waals surface area contributed by atoms with Gasteiger partial charge in [-0.15, -0.1) is 0 Å². The summed E-state index contributed by atoms with van der Waals surface area (Å²) >= 11 is 6.51. The molecule has 4 bridgehead atoms. The Morgan fingerprint density at radius 3 is 2.24 bits per heavy atom. The molecule has 0 amide bonds. The minimum absolute atomic E-state index is 0.539. The van der Waals surface area contributed by atoms with Crippen LogP contribution in [0.1, 0.15) is 56.6 Å². The van der Waals surface area contributed by atoms with Gasteiger partial charge in [0.1, 0.15) is 12.4 Å². The van der Waals surface area contributed by atoms with E-state index in [2.05, 4.69) is 36.5 Å². The molecule has 4 saturated carbocycles. The summed E-state index contributed by atoms with van der Waals surface area (Å²) in [6, 6.07) is 17.0. The van der Waals surface area contributed by atoms with Gasteiger partial charge in [-0.05, 0) is 91.9 Å². The second-order valence-corrected chi connectivity index (χ2v) is 10.3. The van der Waals surface area contributed by atoms with Gasteiger partial charge in [-0.1, -0.05) is 48.0 Å². The zero-order valence-corrected chi connectivity index (χ0v) is 18.1. The molecular formula is C26H32ClNO. The Labute approximate surface area is 180 Å². The van der Waals surface area contributed by atoms with Gasteiger partial charge in [0.15, 0.2) is 0 Å². The lowest BCUT2D eigenvalue weighted by molar-refractivity contribution is -0.0706. The molecule has 4 aliphatic carbocycles. The molecule has 0 spiro atoms. The molecule has 4 aliphatic rings. The Morgan fingerprint density at radius 1 is 0.966 bits per heavy atom. The van der Waals surface area contributed by atoms with Gasteiger partial charge in [0.05, 0.1) is 5.02 Å². The fraction of sp³-hybridized carbons (Fsp3) is 0.538. The number of benzene rings is 2. The number of nitrogens with one attached hydrogen (secondary N) is 1. The summed E-state index contributed by atoms with van der Waals surface area (Å²) in [6.07, 6.45) is 8.85. The van der Waals surface area contributed by atoms with Gasteiger partial charge in [0.25, 0.3) is 0 Å². The van der Waals surface area contributed by atoms with Crippen LogP contribution in [-0.4, -0.2) is 6.04 Å². The monoisotopic (exact) mass is 409 g/mol. The number of halogens is 1. The van der Waals surface area contributed by atoms with E-state index in [9.17, 15) is 0 Å². The highest BCUT2D eigenvalue weighted by Crippen LogP contribution is 2.61. The summed E-state index contributed by atoms with van der Waals surface area (Å²) in [5.74, 6) is 3.76. The van der Waals surface area contributed by atoms with Crippen LogP contribution in [0.5, 0.6) is 5.75 Å². The minimum atomic E-state index is 0.539. The van der Waals surface area contributed by atoms with Crippen molar-refractivity contribution in [3.63, 3.8) is 0 Å². The van der Waals surface area contributed by atoms with Crippen molar-refractivity contribution < 1.29 is 4.74 Å². The Hall–Kier alpha value is -1.51. The molecule has 2 aromatic carbocycles. The predicted octanol–water partition coefficient (Wildman–Crippen LogP) is 6.61. The Morgan fingerprint density at radius 2 is 1.62 bits per heavy atom. The molecule has 1 atom stereocenters. The fourth-order valence-corrected chi connectivity index (χ4v) is 6.96. The van der Waals surface area contributed by atoms with Crippen molar-refractivity contribution >= 4 is 11.6 Å². The second kappa shape index (κ2) is 7.96. The third-order valence-electron chi connectivity index (χ3n) is 7.85. The first-order valence-electron chi connectivity index (χ1n) is 11.3. The van der Waals surface area contributed by atoms with E-state index in [-0.39, 0.29) is 0 Å². The lowest BCUT2D eigenvalue weighted by atomic mass is 9.48. The van der Waals surface area contributed by atoms with Gasteiger partial charge in [-0.3, -0.25) is 0 Å². The van der Waals surface area contributed by atoms with Crippen LogP contribution < -0.4 is 10.1 Å². The van der Waals surface area contributed by atoms with Gasteiger partial charge >= 0.3 is 0 Å². The number of hydrogen-bond donors (Lipinski definition) is 1. The van der Waals surface area contributed by atoms with Gasteiger partial charge in [0.2, 0.25) is 0 Å². The summed E-state index contributed by atoms with van der Waals surface area (Å²) in [7, 11) is 0. The highest BCUT2D eigenvalue weighted by molar-refractivity contribution is 6.32. The van der Waals surface area contributed by atoms with E-state index in [1.165, 1.54) is 44.1 Å². The van der Waals surface area contributed by atoms with Crippen LogP contribution in [0.4, 0.5) is 0 Å². The van der Waals surface area contributed by atoms with Crippen LogP contribution in [0, 0.1) is 23.2 Å². The molecule has 0 aromatic heterocycles. The van der Waals surface area contributed by atoms with Crippen molar-refractivity contribution in [2.75, 3.05) is 0 Å². The molecule has 29 heavy (non-hydrogen) atoms. The van der Waals surface area contributed by atoms with E-state index in [4.69, 9.17) is 16.3 Å². The van der Waals surface area contributed by atoms with Gasteiger partial charge in [0, 0.05) is 12.6 Å². The second-order valence-electron chi connectivity index (χ2n) is 9.92. The fourth-order valence-electron chi connectivity index (χ4n) is 6.70. The first-order chi connectivity index (χ1) is 14.1. The van der Waals surface area contributed by atoms with Crippen LogP contribution in [-0.2, 0) is 13.2 Å². The quantitative estimate of drug-likeness (QED) is 0.555. The maximum atomic E-state index is 6.51. The predicted molar refractivity (Wildman–Crippen MR) is 119 cm³/mol. The third-order valence-corrected chi connectivity index (χ3v) is 8.15. The van der Waals surface area contributed by atoms with E-state index in [0.717, 1.165) is 35.6 Å². The standard InChI is InChI=1S/C26H32ClNO/c1-18(26-13-21-9-22(14-26)11-23(10-21)15-26)28-16-20-7-8-25(24(27)12-20)29-17-19-5-3-2-4-6-19/h2-8,12,18,21-23,28H,9-11,13-17H2,1H3. The van der Waals surface area contributed by atoms with Crippen molar-refractivity contribution in [1.29, 1.82) is 0 Å². The van der Waals surface area contributed by atoms with Crippen molar-refractivity contribution in [1.82, 2.24) is 5.32 Å². The Balaban J connectivity index is 1.18. The lowest BCUT2D eigenvalue weighted by Crippen LogP contribution is -2.54. The van der Waals surface area contributed by atoms with E-state index in [0.29, 0.717) is 23.1 Å². The molecule has 0 heterocycles. The normalized spacial score (nSPS) is 31.0. The van der Waals surface area contributed by atoms with Crippen LogP contribution in [0.2, 0.25) is 5.02 Å². The molecule has 0 aliphatic heterocycles. The SMILES string of the molecule is CC(NCc1ccc(OCc2ccccc2)c(Cl)c1)C12CC3CC(CC(C3)C1)C2. The molecule has 2 aromatic rings. The molecule has 3 heteroatoms. The molecular weight excluding hydrogens is 378 g/mol. The zero-order chi connectivity index (χ0) is 19.8. The van der Waals surface area contributed by atoms with Crippen LogP contribution >= 0.6 is 11.6 Å². The average molecular weight is 410 g/mol. The highest BCUT2D eigenvalue weighted by Gasteiger charge is 2.52. The summed E-state index contributed by atoms with van der Waals surface area (Å²) in [5.41, 5.74) is 2.93. The number of rotatable bonds is 7. The van der Waals surface area contributed by atoms with E-state index in [1.807, 2.05) is 24.3 Å². The number of ether oxygens (including phenoxy) is 1. The zero-order valence-electron chi connectivity index (χ0n) is 17.4. The van der Waals surface area contributed by atoms with Gasteiger partial charge < -0.3 is 10.1 Å². The minimum Gasteiger partial charge on any atom is -0.487 e. The van der Waals surface area contributed by atoms with E-state index >= 15 is 0 Å². The van der Waals surface area contributed by atoms with Crippen LogP contribution in [0.3, 0.4) is 0 Å². The maximum Gasteiger partial charge on any atom is 0.138 e. The first-order valence-corrected chi connectivity index (χ1v) is 11.7. The molecule has 0 radical (unpaired) electrons. The summed E-state index contributed by atoms with van der Waals surface area (Å²) in [4.78, 5) is 0. The summed E-state index contributed by atoms with van der Waals surface area (Å²) < 4.78 is 5.92. The van der Waals surface area contributed by atoms with E-state index in [1.54, 1.807) is 0 Å². The summed E-state index contributed by atoms with van der Waals surface area (Å²) in [5, 5.41) is 4.56. The van der Waals surface area contributed by atoms with Crippen molar-refractivity contribution in [2.24, 2.45) is 23.2 Å². The molecule has 1 unspecified atom stereocenters. The molecule has 4 fully saturated rings. The molecule has 0 saturated heterocycles. The van der Waals surface area contributed by atoms with Gasteiger partial charge in [-0.2, -0.15) is 0 Å². The molecule has 2 nitrogen and oxygen atoms in total. The van der Waals surface area contributed by atoms with Crippen LogP contribution in [0.15, 0.2) is 48.5 Å². The smallest absolute Gasteiger partial charge is 0.138 e. The Bertz CT molecular complexity index is 814. The maximum absolute atomic E-state index is 6.51. The molecule has 6 rings (SSSR count). The van der Waals surface area contributed by atoms with Crippen molar-refractivity contribution in [2.45, 2.75) is 64.6 Å². The Kier molecular flexibility index (Phi) is 5.34. The topological polar surface area (TPSA) is 21.3 Å². The van der Waals surface area contributed by atoms with E-state index < -0.39 is 0 Å². The third kappa shape index (κ3) is 4.07. The average Bonchev–Trinajstić information content (AvgIpc) is 2.71. The largest absolute Gasteiger partial charge is 0.487 e. The molecule has 154 valence electrons. The summed E-state index contributed by atoms with van der Waals surface area (Å²) in [6.45, 7) is 3.84. The van der Waals surface area contributed by atoms with Crippen molar-refractivity contribution in [3.8, 4) is 5.75 Å². The molecule has 1 N–H and O–H groups in total. The highest BCUT2D eigenvalue weighted by atomic mass is 35.5. The first kappa shape index (κ1) is 19.5. The van der Waals surface area contributed by atoms with Gasteiger partial charge in [-0.25, -0.2) is 0 Å². The van der Waals surface area contributed by atoms with Crippen LogP contribution in [0.25, 0.3) is 0 Å². The number of hydrogen-bond acceptors (Lipinski definition) is 2. The lowest BCUT2D eigenvalue weighted by Gasteiger charge is -2.59.